The Morgan fingerprint density at radius 1 is 0.960 bits per heavy atom. The molecule has 2 N–H and O–H groups in total. The normalized spacial score (nSPS) is 10.3. The molecule has 0 atom stereocenters. The van der Waals surface area contributed by atoms with Crippen LogP contribution in [0.3, 0.4) is 0 Å². The van der Waals surface area contributed by atoms with Gasteiger partial charge in [0, 0.05) is 11.3 Å². The zero-order valence-electron chi connectivity index (χ0n) is 13.9. The number of fused-ring (bicyclic) bond motifs is 1. The molecule has 0 spiro atoms. The van der Waals surface area contributed by atoms with Gasteiger partial charge in [-0.1, -0.05) is 30.3 Å². The maximum absolute atomic E-state index is 12.5. The first-order valence-corrected chi connectivity index (χ1v) is 8.61. The maximum atomic E-state index is 12.5. The molecular weight excluding hydrogens is 334 g/mol. The fourth-order valence-corrected chi connectivity index (χ4v) is 3.09. The van der Waals surface area contributed by atoms with Gasteiger partial charge in [0.1, 0.15) is 5.00 Å². The van der Waals surface area contributed by atoms with Crippen molar-refractivity contribution in [3.8, 4) is 0 Å². The van der Waals surface area contributed by atoms with Gasteiger partial charge < -0.3 is 5.32 Å². The molecule has 0 aliphatic heterocycles. The van der Waals surface area contributed by atoms with Gasteiger partial charge in [0.15, 0.2) is 0 Å². The number of carbonyl (C=O) groups excluding carboxylic acids is 2. The van der Waals surface area contributed by atoms with Gasteiger partial charge in [0.2, 0.25) is 0 Å². The summed E-state index contributed by atoms with van der Waals surface area (Å²) < 4.78 is 0. The van der Waals surface area contributed by atoms with E-state index in [0.717, 1.165) is 16.5 Å². The summed E-state index contributed by atoms with van der Waals surface area (Å²) in [5, 5.41) is 11.0. The van der Waals surface area contributed by atoms with Crippen LogP contribution in [0.15, 0.2) is 59.0 Å². The van der Waals surface area contributed by atoms with Gasteiger partial charge >= 0.3 is 0 Å². The number of anilines is 1. The number of thiophene rings is 1. The van der Waals surface area contributed by atoms with Gasteiger partial charge in [-0.05, 0) is 48.2 Å². The lowest BCUT2D eigenvalue weighted by Gasteiger charge is -2.07. The fourth-order valence-electron chi connectivity index (χ4n) is 2.31. The van der Waals surface area contributed by atoms with Crippen molar-refractivity contribution in [2.24, 2.45) is 5.10 Å². The predicted octanol–water partition coefficient (Wildman–Crippen LogP) is 4.28. The van der Waals surface area contributed by atoms with Crippen molar-refractivity contribution in [3.05, 3.63) is 65.0 Å². The van der Waals surface area contributed by atoms with E-state index in [1.54, 1.807) is 31.4 Å². The number of nitrogens with zero attached hydrogens (tertiary/aromatic N) is 1. The second kappa shape index (κ2) is 7.27. The second-order valence-electron chi connectivity index (χ2n) is 5.68. The molecule has 0 radical (unpaired) electrons. The molecule has 0 saturated carbocycles. The maximum Gasteiger partial charge on any atom is 0.274 e. The Balaban J connectivity index is 1.80. The monoisotopic (exact) mass is 351 g/mol. The third-order valence-corrected chi connectivity index (χ3v) is 4.36. The summed E-state index contributed by atoms with van der Waals surface area (Å²) in [4.78, 5) is 24.7. The van der Waals surface area contributed by atoms with Crippen molar-refractivity contribution in [2.45, 2.75) is 13.8 Å². The quantitative estimate of drug-likeness (QED) is 0.544. The molecule has 2 amide bonds. The molecule has 6 heteroatoms. The molecule has 3 aromatic rings. The van der Waals surface area contributed by atoms with E-state index in [-0.39, 0.29) is 11.8 Å². The van der Waals surface area contributed by atoms with Gasteiger partial charge in [0.05, 0.1) is 5.56 Å². The molecule has 25 heavy (non-hydrogen) atoms. The first-order chi connectivity index (χ1) is 12.0. The first kappa shape index (κ1) is 16.9. The van der Waals surface area contributed by atoms with E-state index in [2.05, 4.69) is 15.8 Å². The van der Waals surface area contributed by atoms with Crippen molar-refractivity contribution in [1.82, 2.24) is 5.43 Å². The Bertz CT molecular complexity index is 971. The molecule has 0 aliphatic rings. The van der Waals surface area contributed by atoms with Gasteiger partial charge in [-0.15, -0.1) is 11.3 Å². The van der Waals surface area contributed by atoms with E-state index in [9.17, 15) is 9.59 Å². The van der Waals surface area contributed by atoms with E-state index in [1.165, 1.54) is 11.3 Å². The number of hydrogen-bond acceptors (Lipinski definition) is 4. The van der Waals surface area contributed by atoms with E-state index in [4.69, 9.17) is 0 Å². The highest BCUT2D eigenvalue weighted by molar-refractivity contribution is 7.14. The number of benzene rings is 2. The van der Waals surface area contributed by atoms with Gasteiger partial charge in [0.25, 0.3) is 11.8 Å². The summed E-state index contributed by atoms with van der Waals surface area (Å²) in [5.41, 5.74) is 4.14. The topological polar surface area (TPSA) is 70.6 Å². The summed E-state index contributed by atoms with van der Waals surface area (Å²) in [7, 11) is 0. The molecule has 126 valence electrons. The summed E-state index contributed by atoms with van der Waals surface area (Å²) in [6.45, 7) is 3.58. The van der Waals surface area contributed by atoms with Gasteiger partial charge in [-0.25, -0.2) is 5.43 Å². The molecule has 0 fully saturated rings. The minimum atomic E-state index is -0.351. The summed E-state index contributed by atoms with van der Waals surface area (Å²) in [5.74, 6) is -0.603. The van der Waals surface area contributed by atoms with Crippen molar-refractivity contribution in [2.75, 3.05) is 5.32 Å². The van der Waals surface area contributed by atoms with Crippen molar-refractivity contribution < 1.29 is 9.59 Å². The molecule has 1 aromatic heterocycles. The number of hydrazone groups is 1. The standard InChI is InChI=1S/C19H17N3O2S/c1-12(2)21-22-18(24)16-9-10-25-19(16)20-17(23)15-8-7-13-5-3-4-6-14(13)11-15/h3-11H,1-2H3,(H,20,23)(H,22,24). The van der Waals surface area contributed by atoms with E-state index in [0.29, 0.717) is 16.1 Å². The number of hydrogen-bond donors (Lipinski definition) is 2. The number of rotatable bonds is 4. The van der Waals surface area contributed by atoms with Crippen LogP contribution in [0.1, 0.15) is 34.6 Å². The molecular formula is C19H17N3O2S. The average molecular weight is 351 g/mol. The summed E-state index contributed by atoms with van der Waals surface area (Å²) >= 11 is 1.30. The van der Waals surface area contributed by atoms with Crippen LogP contribution in [-0.4, -0.2) is 17.5 Å². The average Bonchev–Trinajstić information content (AvgIpc) is 3.07. The molecule has 0 unspecified atom stereocenters. The smallest absolute Gasteiger partial charge is 0.274 e. The number of nitrogens with one attached hydrogen (secondary N) is 2. The first-order valence-electron chi connectivity index (χ1n) is 7.73. The molecule has 0 aliphatic carbocycles. The van der Waals surface area contributed by atoms with E-state index in [1.807, 2.05) is 36.4 Å². The summed E-state index contributed by atoms with van der Waals surface area (Å²) in [6.07, 6.45) is 0. The minimum Gasteiger partial charge on any atom is -0.313 e. The van der Waals surface area contributed by atoms with E-state index >= 15 is 0 Å². The molecule has 2 aromatic carbocycles. The highest BCUT2D eigenvalue weighted by atomic mass is 32.1. The molecule has 1 heterocycles. The van der Waals surface area contributed by atoms with Crippen LogP contribution < -0.4 is 10.7 Å². The van der Waals surface area contributed by atoms with Crippen LogP contribution in [0.25, 0.3) is 10.8 Å². The lowest BCUT2D eigenvalue weighted by atomic mass is 10.1. The number of amides is 2. The zero-order chi connectivity index (χ0) is 17.8. The Morgan fingerprint density at radius 2 is 1.72 bits per heavy atom. The third-order valence-electron chi connectivity index (χ3n) is 3.53. The Kier molecular flexibility index (Phi) is 4.90. The molecule has 5 nitrogen and oxygen atoms in total. The van der Waals surface area contributed by atoms with Gasteiger partial charge in [-0.3, -0.25) is 9.59 Å². The lowest BCUT2D eigenvalue weighted by Crippen LogP contribution is -2.20. The zero-order valence-corrected chi connectivity index (χ0v) is 14.7. The van der Waals surface area contributed by atoms with Crippen LogP contribution in [-0.2, 0) is 0 Å². The SMILES string of the molecule is CC(C)=NNC(=O)c1ccsc1NC(=O)c1ccc2ccccc2c1. The highest BCUT2D eigenvalue weighted by Crippen LogP contribution is 2.24. The van der Waals surface area contributed by atoms with Crippen LogP contribution >= 0.6 is 11.3 Å². The van der Waals surface area contributed by atoms with E-state index < -0.39 is 0 Å². The second-order valence-corrected chi connectivity index (χ2v) is 6.60. The predicted molar refractivity (Wildman–Crippen MR) is 102 cm³/mol. The molecule has 0 bridgehead atoms. The van der Waals surface area contributed by atoms with Crippen LogP contribution in [0.5, 0.6) is 0 Å². The Hall–Kier alpha value is -2.99. The van der Waals surface area contributed by atoms with Crippen LogP contribution in [0.4, 0.5) is 5.00 Å². The molecule has 3 rings (SSSR count). The summed E-state index contributed by atoms with van der Waals surface area (Å²) in [6, 6.07) is 15.0. The molecule has 0 saturated heterocycles. The van der Waals surface area contributed by atoms with Crippen molar-refractivity contribution >= 4 is 44.6 Å². The lowest BCUT2D eigenvalue weighted by molar-refractivity contribution is 0.0956. The van der Waals surface area contributed by atoms with Crippen molar-refractivity contribution in [1.29, 1.82) is 0 Å². The van der Waals surface area contributed by atoms with Crippen LogP contribution in [0, 0.1) is 0 Å². The fraction of sp³-hybridized carbons (Fsp3) is 0.105. The Morgan fingerprint density at radius 3 is 2.48 bits per heavy atom. The number of carbonyl (C=O) groups is 2. The Labute approximate surface area is 149 Å². The van der Waals surface area contributed by atoms with Crippen LogP contribution in [0.2, 0.25) is 0 Å². The third kappa shape index (κ3) is 3.92. The largest absolute Gasteiger partial charge is 0.313 e. The van der Waals surface area contributed by atoms with Crippen molar-refractivity contribution in [3.63, 3.8) is 0 Å². The minimum absolute atomic E-state index is 0.252. The van der Waals surface area contributed by atoms with Gasteiger partial charge in [-0.2, -0.15) is 5.10 Å². The highest BCUT2D eigenvalue weighted by Gasteiger charge is 2.16.